The van der Waals surface area contributed by atoms with Crippen LogP contribution in [-0.4, -0.2) is 93.2 Å². The van der Waals surface area contributed by atoms with Crippen LogP contribution in [0, 0.1) is 18.8 Å². The molecule has 3 fully saturated rings. The summed E-state index contributed by atoms with van der Waals surface area (Å²) in [5.41, 5.74) is 2.20. The van der Waals surface area contributed by atoms with Crippen molar-refractivity contribution in [2.24, 2.45) is 11.8 Å². The highest BCUT2D eigenvalue weighted by atomic mass is 16.7. The normalized spacial score (nSPS) is 21.7. The number of hydrogen-bond acceptors (Lipinski definition) is 8. The number of nitrogens with zero attached hydrogens (tertiary/aromatic N) is 3. The molecule has 1 N–H and O–H groups in total. The summed E-state index contributed by atoms with van der Waals surface area (Å²) in [5, 5.41) is 2.21. The van der Waals surface area contributed by atoms with Gasteiger partial charge in [-0.25, -0.2) is 0 Å². The van der Waals surface area contributed by atoms with Crippen molar-refractivity contribution in [3.05, 3.63) is 29.3 Å². The zero-order chi connectivity index (χ0) is 27.9. The summed E-state index contributed by atoms with van der Waals surface area (Å²) >= 11 is 0. The summed E-state index contributed by atoms with van der Waals surface area (Å²) in [6.45, 7) is 7.20. The van der Waals surface area contributed by atoms with E-state index in [1.165, 1.54) is 12.8 Å². The van der Waals surface area contributed by atoms with Gasteiger partial charge in [0.05, 0.1) is 0 Å². The molecule has 4 amide bonds. The van der Waals surface area contributed by atoms with E-state index >= 15 is 0 Å². The third-order valence-corrected chi connectivity index (χ3v) is 8.59. The van der Waals surface area contributed by atoms with E-state index in [1.807, 2.05) is 19.1 Å². The van der Waals surface area contributed by atoms with Crippen LogP contribution < -0.4 is 10.2 Å². The Bertz CT molecular complexity index is 1030. The number of hydrogen-bond donors (Lipinski definition) is 1. The topological polar surface area (TPSA) is 108 Å². The number of amides is 4. The van der Waals surface area contributed by atoms with Gasteiger partial charge < -0.3 is 19.3 Å². The summed E-state index contributed by atoms with van der Waals surface area (Å²) in [5.74, 6) is -0.180. The minimum Gasteiger partial charge on any atom is -0.372 e. The molecular formula is C29H42N4O6. The van der Waals surface area contributed by atoms with Crippen molar-refractivity contribution >= 4 is 29.8 Å². The van der Waals surface area contributed by atoms with Gasteiger partial charge in [0.1, 0.15) is 6.04 Å². The van der Waals surface area contributed by atoms with Crippen LogP contribution in [-0.2, 0) is 23.9 Å². The van der Waals surface area contributed by atoms with Gasteiger partial charge in [-0.15, -0.1) is 0 Å². The number of methoxy groups -OCH3 is 2. The fourth-order valence-corrected chi connectivity index (χ4v) is 6.14. The average molecular weight is 543 g/mol. The van der Waals surface area contributed by atoms with Crippen LogP contribution in [0.3, 0.4) is 0 Å². The number of benzene rings is 1. The van der Waals surface area contributed by atoms with Crippen LogP contribution in [0.4, 0.5) is 5.69 Å². The summed E-state index contributed by atoms with van der Waals surface area (Å²) < 4.78 is 10.7. The van der Waals surface area contributed by atoms with Gasteiger partial charge in [-0.05, 0) is 87.7 Å². The molecule has 39 heavy (non-hydrogen) atoms. The molecule has 1 unspecified atom stereocenters. The molecule has 0 aliphatic carbocycles. The number of piperidine rings is 3. The first-order valence-corrected chi connectivity index (χ1v) is 14.1. The van der Waals surface area contributed by atoms with E-state index in [4.69, 9.17) is 9.47 Å². The van der Waals surface area contributed by atoms with Crippen molar-refractivity contribution in [3.63, 3.8) is 0 Å². The van der Waals surface area contributed by atoms with Crippen LogP contribution in [0.5, 0.6) is 0 Å². The highest BCUT2D eigenvalue weighted by Crippen LogP contribution is 2.29. The number of aryl methyl sites for hydroxylation is 1. The van der Waals surface area contributed by atoms with Gasteiger partial charge in [0.15, 0.2) is 6.29 Å². The van der Waals surface area contributed by atoms with Gasteiger partial charge in [-0.1, -0.05) is 0 Å². The minimum atomic E-state index is -0.968. The highest BCUT2D eigenvalue weighted by Gasteiger charge is 2.35. The first kappa shape index (κ1) is 29.2. The van der Waals surface area contributed by atoms with E-state index in [0.717, 1.165) is 68.1 Å². The number of likely N-dealkylation sites (tertiary alicyclic amines) is 1. The number of carbonyl (C=O) groups excluding carboxylic acids is 4. The first-order valence-electron chi connectivity index (χ1n) is 14.1. The number of imide groups is 2. The summed E-state index contributed by atoms with van der Waals surface area (Å²) in [7, 11) is 3.41. The second-order valence-corrected chi connectivity index (χ2v) is 11.1. The Labute approximate surface area is 231 Å². The molecule has 0 aromatic heterocycles. The largest absolute Gasteiger partial charge is 0.372 e. The predicted octanol–water partition coefficient (Wildman–Crippen LogP) is 2.34. The van der Waals surface area contributed by atoms with Gasteiger partial charge in [0.2, 0.25) is 18.2 Å². The standard InChI is InChI=1S/C29H42N4O6/c1-20-16-23(4-5-24(20)29(37)33(19-34)25-6-7-26(35)30-28(25)36)32-14-10-22(11-15-32)18-31-12-8-21(9-13-31)17-27(38-2)39-3/h4-5,16,19,21-22,25,27H,6-15,17-18H2,1-3H3,(H,30,35,36). The Morgan fingerprint density at radius 1 is 1.05 bits per heavy atom. The van der Waals surface area contributed by atoms with Crippen LogP contribution in [0.1, 0.15) is 60.9 Å². The van der Waals surface area contributed by atoms with E-state index in [9.17, 15) is 19.2 Å². The van der Waals surface area contributed by atoms with Crippen molar-refractivity contribution in [2.75, 3.05) is 51.8 Å². The lowest BCUT2D eigenvalue weighted by Crippen LogP contribution is -2.53. The lowest BCUT2D eigenvalue weighted by Gasteiger charge is -2.39. The van der Waals surface area contributed by atoms with Gasteiger partial charge in [0.25, 0.3) is 5.91 Å². The van der Waals surface area contributed by atoms with Crippen molar-refractivity contribution < 1.29 is 28.7 Å². The van der Waals surface area contributed by atoms with Gasteiger partial charge in [-0.2, -0.15) is 0 Å². The molecule has 0 radical (unpaired) electrons. The molecule has 1 aromatic carbocycles. The SMILES string of the molecule is COC(CC1CCN(CC2CCN(c3ccc(C(=O)N(C=O)C4CCC(=O)NC4=O)c(C)c3)CC2)CC1)OC. The molecule has 0 bridgehead atoms. The number of rotatable bonds is 10. The number of anilines is 1. The summed E-state index contributed by atoms with van der Waals surface area (Å²) in [6.07, 6.45) is 6.13. The Kier molecular flexibility index (Phi) is 10.1. The van der Waals surface area contributed by atoms with Gasteiger partial charge >= 0.3 is 0 Å². The fourth-order valence-electron chi connectivity index (χ4n) is 6.14. The predicted molar refractivity (Wildman–Crippen MR) is 146 cm³/mol. The van der Waals surface area contributed by atoms with Crippen molar-refractivity contribution in [1.82, 2.24) is 15.1 Å². The molecule has 3 aliphatic rings. The van der Waals surface area contributed by atoms with E-state index in [2.05, 4.69) is 15.1 Å². The molecule has 0 saturated carbocycles. The highest BCUT2D eigenvalue weighted by molar-refractivity contribution is 6.07. The molecule has 3 heterocycles. The molecular weight excluding hydrogens is 500 g/mol. The monoisotopic (exact) mass is 542 g/mol. The molecule has 10 nitrogen and oxygen atoms in total. The molecule has 3 aliphatic heterocycles. The number of nitrogens with one attached hydrogen (secondary N) is 1. The quantitative estimate of drug-likeness (QED) is 0.273. The molecule has 10 heteroatoms. The van der Waals surface area contributed by atoms with Crippen molar-refractivity contribution in [2.45, 2.75) is 64.2 Å². The summed E-state index contributed by atoms with van der Waals surface area (Å²) in [6, 6.07) is 4.68. The van der Waals surface area contributed by atoms with Crippen LogP contribution >= 0.6 is 0 Å². The molecule has 214 valence electrons. The zero-order valence-electron chi connectivity index (χ0n) is 23.4. The molecule has 4 rings (SSSR count). The number of carbonyl (C=O) groups is 4. The van der Waals surface area contributed by atoms with Crippen LogP contribution in [0.25, 0.3) is 0 Å². The smallest absolute Gasteiger partial charge is 0.261 e. The van der Waals surface area contributed by atoms with Crippen molar-refractivity contribution in [3.8, 4) is 0 Å². The maximum atomic E-state index is 13.1. The maximum absolute atomic E-state index is 13.1. The fraction of sp³-hybridized carbons (Fsp3) is 0.655. The Morgan fingerprint density at radius 3 is 2.31 bits per heavy atom. The van der Waals surface area contributed by atoms with Crippen molar-refractivity contribution in [1.29, 1.82) is 0 Å². The van der Waals surface area contributed by atoms with Gasteiger partial charge in [-0.3, -0.25) is 29.4 Å². The second kappa shape index (κ2) is 13.5. The van der Waals surface area contributed by atoms with E-state index in [-0.39, 0.29) is 25.0 Å². The molecule has 1 atom stereocenters. The van der Waals surface area contributed by atoms with E-state index < -0.39 is 17.9 Å². The Hall–Kier alpha value is -2.82. The first-order chi connectivity index (χ1) is 18.8. The van der Waals surface area contributed by atoms with Crippen LogP contribution in [0.2, 0.25) is 0 Å². The number of ether oxygens (including phenoxy) is 2. The Balaban J connectivity index is 1.27. The van der Waals surface area contributed by atoms with Crippen LogP contribution in [0.15, 0.2) is 18.2 Å². The maximum Gasteiger partial charge on any atom is 0.261 e. The molecule has 3 saturated heterocycles. The van der Waals surface area contributed by atoms with Gasteiger partial charge in [0, 0.05) is 57.9 Å². The average Bonchev–Trinajstić information content (AvgIpc) is 2.94. The summed E-state index contributed by atoms with van der Waals surface area (Å²) in [4.78, 5) is 54.4. The lowest BCUT2D eigenvalue weighted by atomic mass is 9.91. The third-order valence-electron chi connectivity index (χ3n) is 8.59. The second-order valence-electron chi connectivity index (χ2n) is 11.1. The molecule has 0 spiro atoms. The molecule has 1 aromatic rings. The minimum absolute atomic E-state index is 0.101. The van der Waals surface area contributed by atoms with E-state index in [0.29, 0.717) is 23.8 Å². The third kappa shape index (κ3) is 7.23. The zero-order valence-corrected chi connectivity index (χ0v) is 23.4. The Morgan fingerprint density at radius 2 is 1.72 bits per heavy atom. The van der Waals surface area contributed by atoms with E-state index in [1.54, 1.807) is 20.3 Å². The lowest BCUT2D eigenvalue weighted by molar-refractivity contribution is -0.139.